The number of ether oxygens (including phenoxy) is 3. The highest BCUT2D eigenvalue weighted by Gasteiger charge is 2.08. The van der Waals surface area contributed by atoms with Gasteiger partial charge < -0.3 is 14.2 Å². The molecule has 0 aliphatic carbocycles. The molecule has 1 aromatic carbocycles. The maximum Gasteiger partial charge on any atom is 0.338 e. The second-order valence-corrected chi connectivity index (χ2v) is 5.62. The van der Waals surface area contributed by atoms with E-state index in [1.54, 1.807) is 16.9 Å². The summed E-state index contributed by atoms with van der Waals surface area (Å²) >= 11 is 0. The Kier molecular flexibility index (Phi) is 8.72. The number of rotatable bonds is 12. The molecule has 1 aromatic heterocycles. The maximum atomic E-state index is 12.1. The van der Waals surface area contributed by atoms with Crippen LogP contribution in [0.4, 0.5) is 0 Å². The molecular weight excluding hydrogens is 320 g/mol. The van der Waals surface area contributed by atoms with E-state index < -0.39 is 0 Å². The zero-order valence-corrected chi connectivity index (χ0v) is 14.7. The van der Waals surface area contributed by atoms with Gasteiger partial charge in [-0.05, 0) is 30.2 Å². The summed E-state index contributed by atoms with van der Waals surface area (Å²) in [4.78, 5) is 12.1. The van der Waals surface area contributed by atoms with Crippen LogP contribution in [-0.4, -0.2) is 48.8 Å². The summed E-state index contributed by atoms with van der Waals surface area (Å²) in [6.45, 7) is 5.21. The second-order valence-electron chi connectivity index (χ2n) is 5.62. The van der Waals surface area contributed by atoms with Gasteiger partial charge in [-0.25, -0.2) is 4.79 Å². The van der Waals surface area contributed by atoms with Crippen molar-refractivity contribution in [3.63, 3.8) is 0 Å². The molecule has 0 bridgehead atoms. The number of nitrogens with zero attached hydrogens (tertiary/aromatic N) is 2. The van der Waals surface area contributed by atoms with E-state index in [1.165, 1.54) is 0 Å². The predicted octanol–water partition coefficient (Wildman–Crippen LogP) is 2.92. The van der Waals surface area contributed by atoms with Crippen LogP contribution < -0.4 is 0 Å². The van der Waals surface area contributed by atoms with Gasteiger partial charge in [-0.3, -0.25) is 4.68 Å². The largest absolute Gasteiger partial charge is 0.460 e. The molecule has 0 saturated carbocycles. The number of unbranched alkanes of at least 4 members (excludes halogenated alkanes) is 1. The topological polar surface area (TPSA) is 62.6 Å². The molecule has 2 aromatic rings. The lowest BCUT2D eigenvalue weighted by Crippen LogP contribution is -2.13. The van der Waals surface area contributed by atoms with Gasteiger partial charge >= 0.3 is 5.97 Å². The fourth-order valence-electron chi connectivity index (χ4n) is 2.22. The van der Waals surface area contributed by atoms with E-state index in [4.69, 9.17) is 14.2 Å². The molecule has 0 fully saturated rings. The Labute approximate surface area is 148 Å². The highest BCUT2D eigenvalue weighted by atomic mass is 16.6. The molecule has 0 N–H and O–H groups in total. The number of carbonyl (C=O) groups is 1. The zero-order chi connectivity index (χ0) is 17.7. The molecule has 0 unspecified atom stereocenters. The second kappa shape index (κ2) is 11.4. The molecule has 0 atom stereocenters. The molecular formula is C19H26N2O4. The molecule has 6 heteroatoms. The first-order valence-corrected chi connectivity index (χ1v) is 8.68. The minimum Gasteiger partial charge on any atom is -0.460 e. The lowest BCUT2D eigenvalue weighted by atomic mass is 10.1. The Hall–Kier alpha value is -2.18. The van der Waals surface area contributed by atoms with Gasteiger partial charge in [0.2, 0.25) is 0 Å². The summed E-state index contributed by atoms with van der Waals surface area (Å²) in [5.41, 5.74) is 1.53. The van der Waals surface area contributed by atoms with E-state index in [9.17, 15) is 4.79 Å². The van der Waals surface area contributed by atoms with Gasteiger partial charge in [0.15, 0.2) is 0 Å². The van der Waals surface area contributed by atoms with Crippen LogP contribution in [0.15, 0.2) is 42.7 Å². The van der Waals surface area contributed by atoms with Crippen LogP contribution in [-0.2, 0) is 20.8 Å². The van der Waals surface area contributed by atoms with Crippen LogP contribution in [0.25, 0.3) is 0 Å². The summed E-state index contributed by atoms with van der Waals surface area (Å²) < 4.78 is 17.8. The molecule has 6 nitrogen and oxygen atoms in total. The van der Waals surface area contributed by atoms with Crippen molar-refractivity contribution in [2.75, 3.05) is 33.0 Å². The Balaban J connectivity index is 1.64. The van der Waals surface area contributed by atoms with Gasteiger partial charge in [0, 0.05) is 19.0 Å². The van der Waals surface area contributed by atoms with Crippen molar-refractivity contribution in [2.45, 2.75) is 26.3 Å². The molecule has 0 amide bonds. The third kappa shape index (κ3) is 7.49. The van der Waals surface area contributed by atoms with Crippen molar-refractivity contribution in [3.05, 3.63) is 53.9 Å². The minimum atomic E-state index is -0.342. The summed E-state index contributed by atoms with van der Waals surface area (Å²) in [6, 6.07) is 9.25. The van der Waals surface area contributed by atoms with Crippen LogP contribution in [0, 0.1) is 0 Å². The van der Waals surface area contributed by atoms with Gasteiger partial charge in [0.1, 0.15) is 6.61 Å². The number of hydrogen-bond acceptors (Lipinski definition) is 5. The third-order valence-corrected chi connectivity index (χ3v) is 3.54. The highest BCUT2D eigenvalue weighted by molar-refractivity contribution is 5.89. The number of aromatic nitrogens is 2. The summed E-state index contributed by atoms with van der Waals surface area (Å²) in [6.07, 6.45) is 5.80. The predicted molar refractivity (Wildman–Crippen MR) is 94.6 cm³/mol. The molecule has 1 heterocycles. The first kappa shape index (κ1) is 19.1. The Bertz CT molecular complexity index is 614. The molecule has 0 spiro atoms. The number of esters is 1. The molecule has 2 rings (SSSR count). The number of hydrogen-bond donors (Lipinski definition) is 0. The number of benzene rings is 1. The molecule has 136 valence electrons. The molecule has 25 heavy (non-hydrogen) atoms. The van der Waals surface area contributed by atoms with Gasteiger partial charge in [-0.15, -0.1) is 0 Å². The summed E-state index contributed by atoms with van der Waals surface area (Å²) in [5, 5.41) is 4.16. The van der Waals surface area contributed by atoms with Crippen LogP contribution in [0.1, 0.15) is 35.7 Å². The van der Waals surface area contributed by atoms with Gasteiger partial charge in [-0.1, -0.05) is 25.5 Å². The lowest BCUT2D eigenvalue weighted by Gasteiger charge is -2.08. The quantitative estimate of drug-likeness (QED) is 0.437. The average molecular weight is 346 g/mol. The van der Waals surface area contributed by atoms with Gasteiger partial charge in [0.05, 0.1) is 31.9 Å². The standard InChI is InChI=1S/C19H26N2O4/c1-2-3-10-23-11-12-24-13-14-25-19(22)18-7-4-6-17(15-18)16-21-9-5-8-20-21/h4-9,15H,2-3,10-14,16H2,1H3. The normalized spacial score (nSPS) is 10.8. The van der Waals surface area contributed by atoms with Crippen molar-refractivity contribution in [1.82, 2.24) is 9.78 Å². The molecule has 0 aliphatic heterocycles. The Morgan fingerprint density at radius 3 is 2.64 bits per heavy atom. The average Bonchev–Trinajstić information content (AvgIpc) is 3.13. The fourth-order valence-corrected chi connectivity index (χ4v) is 2.22. The summed E-state index contributed by atoms with van der Waals surface area (Å²) in [5.74, 6) is -0.342. The van der Waals surface area contributed by atoms with Gasteiger partial charge in [-0.2, -0.15) is 5.10 Å². The Morgan fingerprint density at radius 2 is 1.88 bits per heavy atom. The van der Waals surface area contributed by atoms with Crippen molar-refractivity contribution in [3.8, 4) is 0 Å². The van der Waals surface area contributed by atoms with Crippen LogP contribution in [0.2, 0.25) is 0 Å². The van der Waals surface area contributed by atoms with E-state index in [-0.39, 0.29) is 12.6 Å². The van der Waals surface area contributed by atoms with Crippen LogP contribution >= 0.6 is 0 Å². The third-order valence-electron chi connectivity index (χ3n) is 3.54. The van der Waals surface area contributed by atoms with Crippen LogP contribution in [0.3, 0.4) is 0 Å². The van der Waals surface area contributed by atoms with E-state index in [0.29, 0.717) is 31.9 Å². The SMILES string of the molecule is CCCCOCCOCCOC(=O)c1cccc(Cn2cccn2)c1. The minimum absolute atomic E-state index is 0.233. The first-order valence-electron chi connectivity index (χ1n) is 8.68. The Morgan fingerprint density at radius 1 is 1.08 bits per heavy atom. The zero-order valence-electron chi connectivity index (χ0n) is 14.7. The lowest BCUT2D eigenvalue weighted by molar-refractivity contribution is 0.0143. The maximum absolute atomic E-state index is 12.1. The smallest absolute Gasteiger partial charge is 0.338 e. The van der Waals surface area contributed by atoms with E-state index in [0.717, 1.165) is 25.0 Å². The van der Waals surface area contributed by atoms with Gasteiger partial charge in [0.25, 0.3) is 0 Å². The van der Waals surface area contributed by atoms with Crippen molar-refractivity contribution < 1.29 is 19.0 Å². The number of carbonyl (C=O) groups excluding carboxylic acids is 1. The monoisotopic (exact) mass is 346 g/mol. The van der Waals surface area contributed by atoms with E-state index in [2.05, 4.69) is 12.0 Å². The fraction of sp³-hybridized carbons (Fsp3) is 0.474. The van der Waals surface area contributed by atoms with E-state index >= 15 is 0 Å². The van der Waals surface area contributed by atoms with Crippen LogP contribution in [0.5, 0.6) is 0 Å². The summed E-state index contributed by atoms with van der Waals surface area (Å²) in [7, 11) is 0. The first-order chi connectivity index (χ1) is 12.3. The van der Waals surface area contributed by atoms with E-state index in [1.807, 2.05) is 30.5 Å². The molecule has 0 aliphatic rings. The van der Waals surface area contributed by atoms with Crippen molar-refractivity contribution in [1.29, 1.82) is 0 Å². The van der Waals surface area contributed by atoms with Crippen molar-refractivity contribution in [2.24, 2.45) is 0 Å². The molecule has 0 radical (unpaired) electrons. The highest BCUT2D eigenvalue weighted by Crippen LogP contribution is 2.08. The molecule has 0 saturated heterocycles. The van der Waals surface area contributed by atoms with Crippen molar-refractivity contribution >= 4 is 5.97 Å².